The molecular weight excluding hydrogens is 891 g/mol. The highest BCUT2D eigenvalue weighted by Gasteiger charge is 2.20. The lowest BCUT2D eigenvalue weighted by molar-refractivity contribution is 0.669. The number of rotatable bonds is 6. The molecule has 0 bridgehead atoms. The summed E-state index contributed by atoms with van der Waals surface area (Å²) in [6, 6.07) is 75.9. The normalized spacial score (nSPS) is 12.6. The SMILES string of the molecule is C=NC(=NC(=NCc1ccccc1)c1ccc2c3ccccc3c3ccccc3c2c1)c1cccc2oc3ccc(-c4cccc5sc6c(-c7ccc8c(c7)sc7ccccc78)cccc6c45)cc3c12. The summed E-state index contributed by atoms with van der Waals surface area (Å²) >= 11 is 3.73. The zero-order valence-electron chi connectivity index (χ0n) is 37.7. The Morgan fingerprint density at radius 1 is 0.414 bits per heavy atom. The molecule has 70 heavy (non-hydrogen) atoms. The molecule has 0 atom stereocenters. The number of aliphatic imine (C=N–C) groups is 3. The fourth-order valence-electron chi connectivity index (χ4n) is 10.7. The number of hydrogen-bond donors (Lipinski definition) is 0. The van der Waals surface area contributed by atoms with E-state index in [1.807, 2.05) is 53.0 Å². The Balaban J connectivity index is 0.911. The first-order chi connectivity index (χ1) is 34.6. The minimum atomic E-state index is 0.453. The van der Waals surface area contributed by atoms with Crippen molar-refractivity contribution in [2.75, 3.05) is 0 Å². The fourth-order valence-corrected chi connectivity index (χ4v) is 13.1. The zero-order valence-corrected chi connectivity index (χ0v) is 39.3. The smallest absolute Gasteiger partial charge is 0.161 e. The number of thiophene rings is 2. The van der Waals surface area contributed by atoms with E-state index in [0.29, 0.717) is 18.2 Å². The predicted octanol–water partition coefficient (Wildman–Crippen LogP) is 18.2. The maximum absolute atomic E-state index is 6.61. The molecule has 0 aliphatic carbocycles. The maximum atomic E-state index is 6.61. The zero-order chi connectivity index (χ0) is 46.3. The second kappa shape index (κ2) is 16.3. The Morgan fingerprint density at radius 3 is 1.86 bits per heavy atom. The molecule has 0 radical (unpaired) electrons. The summed E-state index contributed by atoms with van der Waals surface area (Å²) in [5.74, 6) is 1.05. The first kappa shape index (κ1) is 40.5. The Kier molecular flexibility index (Phi) is 9.44. The van der Waals surface area contributed by atoms with Gasteiger partial charge in [-0.15, -0.1) is 22.7 Å². The van der Waals surface area contributed by atoms with Gasteiger partial charge < -0.3 is 4.42 Å². The van der Waals surface area contributed by atoms with Gasteiger partial charge >= 0.3 is 0 Å². The van der Waals surface area contributed by atoms with Crippen molar-refractivity contribution in [3.8, 4) is 22.3 Å². The van der Waals surface area contributed by atoms with Crippen LogP contribution in [-0.4, -0.2) is 18.4 Å². The van der Waals surface area contributed by atoms with Gasteiger partial charge in [0.05, 0.1) is 6.54 Å². The number of nitrogens with zero attached hydrogens (tertiary/aromatic N) is 3. The van der Waals surface area contributed by atoms with Crippen LogP contribution in [0.2, 0.25) is 0 Å². The molecule has 6 heteroatoms. The largest absolute Gasteiger partial charge is 0.456 e. The third kappa shape index (κ3) is 6.52. The Hall–Kier alpha value is -8.55. The molecule has 4 nitrogen and oxygen atoms in total. The summed E-state index contributed by atoms with van der Waals surface area (Å²) in [6.45, 7) is 4.56. The summed E-state index contributed by atoms with van der Waals surface area (Å²) < 4.78 is 11.8. The van der Waals surface area contributed by atoms with Crippen LogP contribution in [0.4, 0.5) is 0 Å². The Labute approximate surface area is 410 Å². The van der Waals surface area contributed by atoms with E-state index >= 15 is 0 Å². The van der Waals surface area contributed by atoms with Crippen LogP contribution in [0, 0.1) is 0 Å². The molecular formula is C64H39N3OS2. The van der Waals surface area contributed by atoms with Gasteiger partial charge in [-0.3, -0.25) is 4.99 Å². The summed E-state index contributed by atoms with van der Waals surface area (Å²) in [6.07, 6.45) is 0. The van der Waals surface area contributed by atoms with E-state index in [9.17, 15) is 0 Å². The van der Waals surface area contributed by atoms with Gasteiger partial charge in [-0.2, -0.15) is 0 Å². The van der Waals surface area contributed by atoms with E-state index in [1.54, 1.807) is 0 Å². The van der Waals surface area contributed by atoms with Gasteiger partial charge in [0.2, 0.25) is 0 Å². The number of fused-ring (bicyclic) bond motifs is 15. The van der Waals surface area contributed by atoms with E-state index in [2.05, 4.69) is 194 Å². The molecule has 0 saturated carbocycles. The van der Waals surface area contributed by atoms with Crippen molar-refractivity contribution in [2.24, 2.45) is 15.0 Å². The van der Waals surface area contributed by atoms with Crippen molar-refractivity contribution in [1.29, 1.82) is 0 Å². The molecule has 3 aromatic heterocycles. The second-order valence-corrected chi connectivity index (χ2v) is 20.0. The molecule has 3 heterocycles. The minimum absolute atomic E-state index is 0.453. The summed E-state index contributed by atoms with van der Waals surface area (Å²) in [5.41, 5.74) is 9.15. The van der Waals surface area contributed by atoms with E-state index in [0.717, 1.165) is 49.6 Å². The van der Waals surface area contributed by atoms with Crippen molar-refractivity contribution < 1.29 is 4.42 Å². The molecule has 0 N–H and O–H groups in total. The molecule has 14 aromatic rings. The Morgan fingerprint density at radius 2 is 1.04 bits per heavy atom. The summed E-state index contributed by atoms with van der Waals surface area (Å²) in [7, 11) is 0. The Bertz CT molecular complexity index is 4500. The molecule has 328 valence electrons. The maximum Gasteiger partial charge on any atom is 0.161 e. The molecule has 0 spiro atoms. The van der Waals surface area contributed by atoms with Crippen molar-refractivity contribution >= 4 is 136 Å². The van der Waals surface area contributed by atoms with Gasteiger partial charge in [0, 0.05) is 62.2 Å². The van der Waals surface area contributed by atoms with Gasteiger partial charge in [-0.1, -0.05) is 170 Å². The van der Waals surface area contributed by atoms with Crippen LogP contribution >= 0.6 is 22.7 Å². The van der Waals surface area contributed by atoms with E-state index in [1.165, 1.54) is 84.0 Å². The number of hydrogen-bond acceptors (Lipinski definition) is 4. The molecule has 0 amide bonds. The van der Waals surface area contributed by atoms with Crippen LogP contribution in [0.5, 0.6) is 0 Å². The van der Waals surface area contributed by atoms with Crippen molar-refractivity contribution in [2.45, 2.75) is 6.54 Å². The second-order valence-electron chi connectivity index (χ2n) is 17.8. The monoisotopic (exact) mass is 929 g/mol. The molecule has 0 unspecified atom stereocenters. The third-order valence-corrected chi connectivity index (χ3v) is 16.2. The standard InChI is InChI=1S/C64H39N3OS2/c1-65-64(67-63(66-37-38-14-3-2-4-15-38)41-29-31-48-46-18-6-5-16-44(46)45-17-7-8-19-47(45)53(48)35-41)52-24-12-25-56-60(52)54-34-39(30-33-55(54)68-56)42-21-13-27-58-61(42)51-23-11-22-43(62(51)70-58)40-28-32-50-49-20-9-10-26-57(49)69-59(50)36-40/h2-36H,1,37H2. The van der Waals surface area contributed by atoms with Gasteiger partial charge in [0.1, 0.15) is 11.2 Å². The molecule has 0 saturated heterocycles. The fraction of sp³-hybridized carbons (Fsp3) is 0.0156. The summed E-state index contributed by atoms with van der Waals surface area (Å²) in [4.78, 5) is 15.2. The van der Waals surface area contributed by atoms with Gasteiger partial charge in [-0.25, -0.2) is 9.98 Å². The quantitative estimate of drug-likeness (QED) is 0.0931. The van der Waals surface area contributed by atoms with Crippen LogP contribution in [0.25, 0.3) is 117 Å². The van der Waals surface area contributed by atoms with Crippen molar-refractivity contribution in [1.82, 2.24) is 0 Å². The molecule has 0 aliphatic rings. The predicted molar refractivity (Wildman–Crippen MR) is 302 cm³/mol. The van der Waals surface area contributed by atoms with Gasteiger partial charge in [-0.05, 0) is 109 Å². The molecule has 0 aliphatic heterocycles. The molecule has 14 rings (SSSR count). The third-order valence-electron chi connectivity index (χ3n) is 13.9. The van der Waals surface area contributed by atoms with Crippen molar-refractivity contribution in [3.63, 3.8) is 0 Å². The van der Waals surface area contributed by atoms with Crippen LogP contribution in [0.1, 0.15) is 16.7 Å². The lowest BCUT2D eigenvalue weighted by atomic mass is 9.93. The lowest BCUT2D eigenvalue weighted by Gasteiger charge is -2.12. The highest BCUT2D eigenvalue weighted by molar-refractivity contribution is 7.26. The minimum Gasteiger partial charge on any atom is -0.456 e. The molecule has 11 aromatic carbocycles. The van der Waals surface area contributed by atoms with Crippen LogP contribution < -0.4 is 0 Å². The average Bonchev–Trinajstić information content (AvgIpc) is 4.12. The van der Waals surface area contributed by atoms with Gasteiger partial charge in [0.25, 0.3) is 0 Å². The lowest BCUT2D eigenvalue weighted by Crippen LogP contribution is -2.06. The first-order valence-electron chi connectivity index (χ1n) is 23.4. The highest BCUT2D eigenvalue weighted by atomic mass is 32.1. The molecule has 0 fully saturated rings. The topological polar surface area (TPSA) is 50.2 Å². The summed E-state index contributed by atoms with van der Waals surface area (Å²) in [5, 5.41) is 14.3. The van der Waals surface area contributed by atoms with Gasteiger partial charge in [0.15, 0.2) is 11.7 Å². The number of benzene rings is 11. The van der Waals surface area contributed by atoms with Crippen LogP contribution in [0.3, 0.4) is 0 Å². The number of furan rings is 1. The first-order valence-corrected chi connectivity index (χ1v) is 25.1. The highest BCUT2D eigenvalue weighted by Crippen LogP contribution is 2.46. The van der Waals surface area contributed by atoms with E-state index in [4.69, 9.17) is 14.4 Å². The van der Waals surface area contributed by atoms with E-state index < -0.39 is 0 Å². The van der Waals surface area contributed by atoms with E-state index in [-0.39, 0.29) is 0 Å². The van der Waals surface area contributed by atoms with Crippen LogP contribution in [0.15, 0.2) is 232 Å². The average molecular weight is 930 g/mol. The van der Waals surface area contributed by atoms with Crippen LogP contribution in [-0.2, 0) is 6.54 Å². The van der Waals surface area contributed by atoms with Crippen molar-refractivity contribution in [3.05, 3.63) is 229 Å². The number of amidine groups is 2.